The number of amides is 3. The van der Waals surface area contributed by atoms with E-state index in [1.54, 1.807) is 37.3 Å². The number of nitrogens with zero attached hydrogens (tertiary/aromatic N) is 3. The maximum Gasteiger partial charge on any atom is 0.321 e. The molecule has 5 aromatic rings. The van der Waals surface area contributed by atoms with Gasteiger partial charge in [-0.3, -0.25) is 4.79 Å². The summed E-state index contributed by atoms with van der Waals surface area (Å²) >= 11 is 0. The van der Waals surface area contributed by atoms with Crippen LogP contribution in [0.15, 0.2) is 85.6 Å². The van der Waals surface area contributed by atoms with Crippen molar-refractivity contribution < 1.29 is 19.1 Å². The standard InChI is InChI=1S/C35H33N5O4/c1-6-12-19(7-2)37-34(42)38(4)25-17-26-39-23-15-10-8-13-20(23)28-29-22(18-36-33(29)41)27-21-14-9-11-16-24(21)40(31(27)30(28)39)35(3,44-26)32(25)43-5/h6-16,25-26,32H,1-2,17-18H2,3-5H3,(H,36,41)(H,37,42)/b19-12+/t25-,26-,32-,35+/m1/s1. The van der Waals surface area contributed by atoms with Crippen LogP contribution in [0.3, 0.4) is 0 Å². The lowest BCUT2D eigenvalue weighted by atomic mass is 9.92. The van der Waals surface area contributed by atoms with Crippen LogP contribution in [-0.4, -0.2) is 52.3 Å². The molecule has 2 aromatic heterocycles. The molecule has 0 spiro atoms. The van der Waals surface area contributed by atoms with Gasteiger partial charge < -0.3 is 34.1 Å². The van der Waals surface area contributed by atoms with Crippen LogP contribution in [0.2, 0.25) is 0 Å². The highest BCUT2D eigenvalue weighted by Crippen LogP contribution is 2.54. The van der Waals surface area contributed by atoms with E-state index in [0.717, 1.165) is 54.7 Å². The van der Waals surface area contributed by atoms with Crippen LogP contribution in [0.5, 0.6) is 0 Å². The predicted octanol–water partition coefficient (Wildman–Crippen LogP) is 6.03. The minimum absolute atomic E-state index is 0.0596. The molecule has 0 unspecified atom stereocenters. The molecule has 0 saturated carbocycles. The van der Waals surface area contributed by atoms with Crippen LogP contribution < -0.4 is 10.6 Å². The molecule has 9 nitrogen and oxygen atoms in total. The number of urea groups is 1. The molecule has 222 valence electrons. The molecule has 3 aliphatic heterocycles. The second kappa shape index (κ2) is 9.32. The number of allylic oxidation sites excluding steroid dienone is 3. The number of rotatable bonds is 5. The minimum Gasteiger partial charge on any atom is -0.374 e. The van der Waals surface area contributed by atoms with Gasteiger partial charge in [-0.25, -0.2) is 4.79 Å². The summed E-state index contributed by atoms with van der Waals surface area (Å²) in [6.45, 7) is 10.1. The number of methoxy groups -OCH3 is 1. The van der Waals surface area contributed by atoms with E-state index in [0.29, 0.717) is 18.7 Å². The van der Waals surface area contributed by atoms with Gasteiger partial charge in [0.25, 0.3) is 5.91 Å². The number of hydrogen-bond donors (Lipinski definition) is 2. The molecule has 44 heavy (non-hydrogen) atoms. The quantitative estimate of drug-likeness (QED) is 0.246. The monoisotopic (exact) mass is 587 g/mol. The third kappa shape index (κ3) is 3.25. The van der Waals surface area contributed by atoms with Crippen LogP contribution in [0.1, 0.15) is 35.5 Å². The first-order valence-corrected chi connectivity index (χ1v) is 14.8. The van der Waals surface area contributed by atoms with Crippen molar-refractivity contribution in [2.45, 2.75) is 44.0 Å². The number of likely N-dealkylation sites (N-methyl/N-ethyl adjacent to an activating group) is 1. The average Bonchev–Trinajstić information content (AvgIpc) is 3.67. The zero-order valence-electron chi connectivity index (χ0n) is 24.9. The lowest BCUT2D eigenvalue weighted by molar-refractivity contribution is -0.264. The molecule has 3 amide bonds. The third-order valence-electron chi connectivity index (χ3n) is 9.78. The van der Waals surface area contributed by atoms with Gasteiger partial charge in [0.15, 0.2) is 5.72 Å². The number of carbonyl (C=O) groups excluding carboxylic acids is 2. The van der Waals surface area contributed by atoms with Crippen molar-refractivity contribution in [3.05, 3.63) is 96.7 Å². The zero-order valence-corrected chi connectivity index (χ0v) is 24.9. The van der Waals surface area contributed by atoms with E-state index in [1.165, 1.54) is 0 Å². The van der Waals surface area contributed by atoms with Crippen molar-refractivity contribution >= 4 is 55.5 Å². The fraction of sp³-hybridized carbons (Fsp3) is 0.257. The number of benzene rings is 3. The largest absolute Gasteiger partial charge is 0.374 e. The Labute approximate surface area is 254 Å². The highest BCUT2D eigenvalue weighted by molar-refractivity contribution is 6.31. The van der Waals surface area contributed by atoms with Crippen molar-refractivity contribution in [2.75, 3.05) is 14.2 Å². The molecule has 2 N–H and O–H groups in total. The number of hydrogen-bond acceptors (Lipinski definition) is 4. The Morgan fingerprint density at radius 1 is 1.11 bits per heavy atom. The Hall–Kier alpha value is -4.86. The Balaban J connectivity index is 1.47. The fourth-order valence-electron chi connectivity index (χ4n) is 8.04. The Morgan fingerprint density at radius 2 is 1.82 bits per heavy atom. The van der Waals surface area contributed by atoms with Crippen LogP contribution in [0, 0.1) is 0 Å². The second-order valence-corrected chi connectivity index (χ2v) is 11.9. The van der Waals surface area contributed by atoms with Crippen LogP contribution in [-0.2, 0) is 21.7 Å². The summed E-state index contributed by atoms with van der Waals surface area (Å²) in [6.07, 6.45) is 4.37. The summed E-state index contributed by atoms with van der Waals surface area (Å²) in [6, 6.07) is 15.8. The molecule has 2 bridgehead atoms. The molecule has 1 fully saturated rings. The highest BCUT2D eigenvalue weighted by atomic mass is 16.6. The van der Waals surface area contributed by atoms with Crippen molar-refractivity contribution in [3.63, 3.8) is 0 Å². The molecule has 3 aliphatic rings. The first kappa shape index (κ1) is 26.7. The third-order valence-corrected chi connectivity index (χ3v) is 9.78. The van der Waals surface area contributed by atoms with E-state index in [-0.39, 0.29) is 18.0 Å². The first-order valence-electron chi connectivity index (χ1n) is 14.8. The topological polar surface area (TPSA) is 89.8 Å². The summed E-state index contributed by atoms with van der Waals surface area (Å²) < 4.78 is 18.0. The van der Waals surface area contributed by atoms with Gasteiger partial charge in [0.1, 0.15) is 12.3 Å². The Bertz CT molecular complexity index is 2140. The molecule has 0 radical (unpaired) electrons. The first-order chi connectivity index (χ1) is 21.3. The number of ether oxygens (including phenoxy) is 2. The minimum atomic E-state index is -1.02. The predicted molar refractivity (Wildman–Crippen MR) is 171 cm³/mol. The van der Waals surface area contributed by atoms with Crippen molar-refractivity contribution in [3.8, 4) is 0 Å². The molecular weight excluding hydrogens is 554 g/mol. The molecule has 5 heterocycles. The van der Waals surface area contributed by atoms with Gasteiger partial charge in [0.05, 0.1) is 33.7 Å². The van der Waals surface area contributed by atoms with E-state index in [2.05, 4.69) is 64.1 Å². The van der Waals surface area contributed by atoms with E-state index in [1.807, 2.05) is 24.3 Å². The summed E-state index contributed by atoms with van der Waals surface area (Å²) in [7, 11) is 3.47. The molecule has 4 atom stereocenters. The van der Waals surface area contributed by atoms with Crippen molar-refractivity contribution in [1.29, 1.82) is 0 Å². The molecule has 9 heteroatoms. The Kier molecular flexibility index (Phi) is 5.66. The Morgan fingerprint density at radius 3 is 2.52 bits per heavy atom. The van der Waals surface area contributed by atoms with Gasteiger partial charge >= 0.3 is 6.03 Å². The molecule has 0 aliphatic carbocycles. The summed E-state index contributed by atoms with van der Waals surface area (Å²) in [5, 5.41) is 10.1. The van der Waals surface area contributed by atoms with E-state index >= 15 is 0 Å². The molecule has 8 rings (SSSR count). The summed E-state index contributed by atoms with van der Waals surface area (Å²) in [5.74, 6) is -0.0596. The fourth-order valence-corrected chi connectivity index (χ4v) is 8.04. The normalized spacial score (nSPS) is 24.1. The smallest absolute Gasteiger partial charge is 0.321 e. The SMILES string of the molecule is C=C/C=C(\C=C)NC(=O)N(C)[C@@H]1C[C@H]2O[C@@](C)([C@@H]1OC)n1c3ccccc3c3c4c(c5c6ccccc6n2c5c31)C(=O)NC4. The number of nitrogens with one attached hydrogen (secondary N) is 2. The van der Waals surface area contributed by atoms with E-state index in [9.17, 15) is 9.59 Å². The lowest BCUT2D eigenvalue weighted by Crippen LogP contribution is -2.62. The maximum absolute atomic E-state index is 13.7. The van der Waals surface area contributed by atoms with Gasteiger partial charge in [0.2, 0.25) is 0 Å². The number of para-hydroxylation sites is 2. The average molecular weight is 588 g/mol. The second-order valence-electron chi connectivity index (χ2n) is 11.9. The van der Waals surface area contributed by atoms with E-state index < -0.39 is 18.1 Å². The van der Waals surface area contributed by atoms with Gasteiger partial charge in [0, 0.05) is 54.4 Å². The summed E-state index contributed by atoms with van der Waals surface area (Å²) in [5.41, 5.74) is 5.20. The number of fused-ring (bicyclic) bond motifs is 13. The van der Waals surface area contributed by atoms with Gasteiger partial charge in [-0.1, -0.05) is 55.6 Å². The highest BCUT2D eigenvalue weighted by Gasteiger charge is 2.55. The van der Waals surface area contributed by atoms with Gasteiger partial charge in [-0.05, 0) is 36.8 Å². The van der Waals surface area contributed by atoms with E-state index in [4.69, 9.17) is 9.47 Å². The van der Waals surface area contributed by atoms with Crippen LogP contribution in [0.25, 0.3) is 43.6 Å². The van der Waals surface area contributed by atoms with Crippen molar-refractivity contribution in [1.82, 2.24) is 24.7 Å². The molecule has 3 aromatic carbocycles. The lowest BCUT2D eigenvalue weighted by Gasteiger charge is -2.50. The number of aromatic nitrogens is 2. The number of carbonyl (C=O) groups is 2. The zero-order chi connectivity index (χ0) is 30.5. The van der Waals surface area contributed by atoms with Gasteiger partial charge in [-0.2, -0.15) is 0 Å². The van der Waals surface area contributed by atoms with Gasteiger partial charge in [-0.15, -0.1) is 0 Å². The summed E-state index contributed by atoms with van der Waals surface area (Å²) in [4.78, 5) is 28.9. The maximum atomic E-state index is 13.7. The van der Waals surface area contributed by atoms with Crippen LogP contribution >= 0.6 is 0 Å². The van der Waals surface area contributed by atoms with Crippen molar-refractivity contribution in [2.24, 2.45) is 0 Å². The molecular formula is C35H33N5O4. The molecule has 1 saturated heterocycles. The van der Waals surface area contributed by atoms with Crippen LogP contribution in [0.4, 0.5) is 4.79 Å².